The Morgan fingerprint density at radius 3 is 2.53 bits per heavy atom. The smallest absolute Gasteiger partial charge is 0.162 e. The van der Waals surface area contributed by atoms with Gasteiger partial charge in [-0.1, -0.05) is 6.92 Å². The summed E-state index contributed by atoms with van der Waals surface area (Å²) in [5.41, 5.74) is 0.383. The Balaban J connectivity index is 3.18. The predicted molar refractivity (Wildman–Crippen MR) is 66.9 cm³/mol. The summed E-state index contributed by atoms with van der Waals surface area (Å²) in [5.74, 6) is 1.46. The summed E-state index contributed by atoms with van der Waals surface area (Å²) < 4.78 is 10.6. The molecule has 0 aromatic carbocycles. The zero-order valence-corrected chi connectivity index (χ0v) is 11.2. The third kappa shape index (κ3) is 3.14. The van der Waals surface area contributed by atoms with Crippen molar-refractivity contribution < 1.29 is 9.47 Å². The molecule has 0 aliphatic heterocycles. The van der Waals surface area contributed by atoms with Crippen LogP contribution in [0.3, 0.4) is 0 Å². The van der Waals surface area contributed by atoms with E-state index in [0.717, 1.165) is 17.9 Å². The molecule has 5 nitrogen and oxygen atoms in total. The summed E-state index contributed by atoms with van der Waals surface area (Å²) in [7, 11) is 5.16. The largest absolute Gasteiger partial charge is 0.378 e. The van der Waals surface area contributed by atoms with Crippen LogP contribution in [-0.2, 0) is 21.7 Å². The van der Waals surface area contributed by atoms with Crippen LogP contribution in [0.4, 0.5) is 5.82 Å². The third-order valence-corrected chi connectivity index (χ3v) is 2.93. The van der Waals surface area contributed by atoms with Gasteiger partial charge in [0, 0.05) is 27.3 Å². The molecular weight excluding hydrogens is 218 g/mol. The third-order valence-electron chi connectivity index (χ3n) is 2.93. The van der Waals surface area contributed by atoms with Crippen molar-refractivity contribution in [1.29, 1.82) is 0 Å². The van der Waals surface area contributed by atoms with E-state index in [4.69, 9.17) is 9.47 Å². The number of aromatic nitrogens is 2. The summed E-state index contributed by atoms with van der Waals surface area (Å²) >= 11 is 0. The number of rotatable bonds is 6. The Labute approximate surface area is 103 Å². The van der Waals surface area contributed by atoms with Gasteiger partial charge in [-0.25, -0.2) is 9.97 Å². The number of methoxy groups -OCH3 is 2. The lowest BCUT2D eigenvalue weighted by molar-refractivity contribution is -0.00927. The Hall–Kier alpha value is -1.20. The van der Waals surface area contributed by atoms with Crippen LogP contribution in [-0.4, -0.2) is 31.2 Å². The van der Waals surface area contributed by atoms with E-state index in [1.165, 1.54) is 0 Å². The maximum absolute atomic E-state index is 5.51. The van der Waals surface area contributed by atoms with E-state index in [1.807, 2.05) is 20.0 Å². The van der Waals surface area contributed by atoms with Crippen LogP contribution in [0.25, 0.3) is 0 Å². The Morgan fingerprint density at radius 1 is 1.35 bits per heavy atom. The van der Waals surface area contributed by atoms with Crippen molar-refractivity contribution in [2.45, 2.75) is 32.5 Å². The van der Waals surface area contributed by atoms with Crippen LogP contribution in [0.2, 0.25) is 0 Å². The van der Waals surface area contributed by atoms with Crippen LogP contribution in [0, 0.1) is 0 Å². The molecule has 5 heteroatoms. The fraction of sp³-hybridized carbons (Fsp3) is 0.667. The molecule has 0 spiro atoms. The monoisotopic (exact) mass is 239 g/mol. The van der Waals surface area contributed by atoms with Gasteiger partial charge in [0.2, 0.25) is 0 Å². The SMILES string of the molecule is CCC(C)(OC)c1nc(COC)cc(NC)n1. The average Bonchev–Trinajstić information content (AvgIpc) is 2.37. The highest BCUT2D eigenvalue weighted by molar-refractivity contribution is 5.35. The van der Waals surface area contributed by atoms with Crippen LogP contribution in [0.1, 0.15) is 31.8 Å². The van der Waals surface area contributed by atoms with Gasteiger partial charge in [0.15, 0.2) is 5.82 Å². The second-order valence-electron chi connectivity index (χ2n) is 4.04. The lowest BCUT2D eigenvalue weighted by Crippen LogP contribution is -2.27. The van der Waals surface area contributed by atoms with E-state index in [2.05, 4.69) is 22.2 Å². The molecule has 0 fully saturated rings. The lowest BCUT2D eigenvalue weighted by Gasteiger charge is -2.25. The van der Waals surface area contributed by atoms with Crippen molar-refractivity contribution >= 4 is 5.82 Å². The summed E-state index contributed by atoms with van der Waals surface area (Å²) in [6, 6.07) is 1.87. The molecule has 0 aliphatic rings. The fourth-order valence-electron chi connectivity index (χ4n) is 1.48. The summed E-state index contributed by atoms with van der Waals surface area (Å²) in [6.07, 6.45) is 0.809. The van der Waals surface area contributed by atoms with Crippen molar-refractivity contribution in [3.63, 3.8) is 0 Å². The average molecular weight is 239 g/mol. The van der Waals surface area contributed by atoms with Crippen molar-refractivity contribution in [3.8, 4) is 0 Å². The minimum atomic E-state index is -0.463. The van der Waals surface area contributed by atoms with Gasteiger partial charge >= 0.3 is 0 Å². The van der Waals surface area contributed by atoms with Gasteiger partial charge in [0.05, 0.1) is 12.3 Å². The highest BCUT2D eigenvalue weighted by Crippen LogP contribution is 2.26. The quantitative estimate of drug-likeness (QED) is 0.822. The summed E-state index contributed by atoms with van der Waals surface area (Å²) in [5, 5.41) is 3.02. The van der Waals surface area contributed by atoms with E-state index < -0.39 is 5.60 Å². The molecule has 0 radical (unpaired) electrons. The molecule has 0 saturated carbocycles. The second-order valence-corrected chi connectivity index (χ2v) is 4.04. The molecule has 1 rings (SSSR count). The topological polar surface area (TPSA) is 56.3 Å². The summed E-state index contributed by atoms with van der Waals surface area (Å²) in [4.78, 5) is 8.93. The number of anilines is 1. The van der Waals surface area contributed by atoms with Gasteiger partial charge in [0.1, 0.15) is 11.4 Å². The van der Waals surface area contributed by atoms with E-state index in [1.54, 1.807) is 14.2 Å². The first-order chi connectivity index (χ1) is 8.09. The second kappa shape index (κ2) is 5.93. The molecule has 17 heavy (non-hydrogen) atoms. The highest BCUT2D eigenvalue weighted by Gasteiger charge is 2.28. The lowest BCUT2D eigenvalue weighted by atomic mass is 10.0. The first kappa shape index (κ1) is 13.9. The molecule has 1 N–H and O–H groups in total. The van der Waals surface area contributed by atoms with Gasteiger partial charge in [-0.15, -0.1) is 0 Å². The van der Waals surface area contributed by atoms with Gasteiger partial charge in [-0.3, -0.25) is 0 Å². The molecular formula is C12H21N3O2. The molecule has 1 aromatic rings. The predicted octanol–water partition coefficient (Wildman–Crippen LogP) is 1.94. The number of nitrogens with zero attached hydrogens (tertiary/aromatic N) is 2. The summed E-state index contributed by atoms with van der Waals surface area (Å²) in [6.45, 7) is 4.50. The molecule has 1 aromatic heterocycles. The minimum absolute atomic E-state index is 0.463. The Bertz CT molecular complexity index is 365. The molecule has 1 heterocycles. The fourth-order valence-corrected chi connectivity index (χ4v) is 1.48. The molecule has 96 valence electrons. The first-order valence-corrected chi connectivity index (χ1v) is 5.70. The van der Waals surface area contributed by atoms with Crippen LogP contribution in [0.15, 0.2) is 6.07 Å². The van der Waals surface area contributed by atoms with E-state index in [0.29, 0.717) is 12.4 Å². The molecule has 0 aliphatic carbocycles. The Kier molecular flexibility index (Phi) is 4.84. The standard InChI is InChI=1S/C12H21N3O2/c1-6-12(2,17-5)11-14-9(8-16-4)7-10(13-3)15-11/h7H,6,8H2,1-5H3,(H,13,14,15). The zero-order valence-electron chi connectivity index (χ0n) is 11.2. The molecule has 1 unspecified atom stereocenters. The highest BCUT2D eigenvalue weighted by atomic mass is 16.5. The normalized spacial score (nSPS) is 14.4. The zero-order chi connectivity index (χ0) is 12.9. The van der Waals surface area contributed by atoms with Gasteiger partial charge in [-0.2, -0.15) is 0 Å². The van der Waals surface area contributed by atoms with Crippen molar-refractivity contribution in [2.75, 3.05) is 26.6 Å². The van der Waals surface area contributed by atoms with E-state index in [9.17, 15) is 0 Å². The molecule has 0 saturated heterocycles. The number of hydrogen-bond acceptors (Lipinski definition) is 5. The van der Waals surface area contributed by atoms with Gasteiger partial charge in [-0.05, 0) is 13.3 Å². The van der Waals surface area contributed by atoms with Crippen molar-refractivity contribution in [1.82, 2.24) is 9.97 Å². The van der Waals surface area contributed by atoms with Gasteiger partial charge in [0.25, 0.3) is 0 Å². The minimum Gasteiger partial charge on any atom is -0.378 e. The van der Waals surface area contributed by atoms with Crippen LogP contribution < -0.4 is 5.32 Å². The maximum atomic E-state index is 5.51. The Morgan fingerprint density at radius 2 is 2.06 bits per heavy atom. The van der Waals surface area contributed by atoms with Crippen molar-refractivity contribution in [2.24, 2.45) is 0 Å². The van der Waals surface area contributed by atoms with E-state index >= 15 is 0 Å². The number of hydrogen-bond donors (Lipinski definition) is 1. The number of nitrogens with one attached hydrogen (secondary N) is 1. The molecule has 0 bridgehead atoms. The van der Waals surface area contributed by atoms with E-state index in [-0.39, 0.29) is 0 Å². The molecule has 0 amide bonds. The first-order valence-electron chi connectivity index (χ1n) is 5.70. The van der Waals surface area contributed by atoms with Gasteiger partial charge < -0.3 is 14.8 Å². The van der Waals surface area contributed by atoms with Crippen LogP contribution in [0.5, 0.6) is 0 Å². The molecule has 1 atom stereocenters. The maximum Gasteiger partial charge on any atom is 0.162 e. The van der Waals surface area contributed by atoms with Crippen molar-refractivity contribution in [3.05, 3.63) is 17.6 Å². The number of ether oxygens (including phenoxy) is 2. The van der Waals surface area contributed by atoms with Crippen LogP contribution >= 0.6 is 0 Å².